The van der Waals surface area contributed by atoms with Gasteiger partial charge in [-0.2, -0.15) is 0 Å². The molecule has 1 amide bonds. The summed E-state index contributed by atoms with van der Waals surface area (Å²) in [7, 11) is -4.11. The molecule has 21 heavy (non-hydrogen) atoms. The van der Waals surface area contributed by atoms with Gasteiger partial charge in [0.15, 0.2) is 0 Å². The van der Waals surface area contributed by atoms with Crippen LogP contribution in [0.25, 0.3) is 0 Å². The molecule has 1 aromatic rings. The normalized spacial score (nSPS) is 16.6. The molecule has 0 unspecified atom stereocenters. The minimum atomic E-state index is -4.11. The molecule has 1 saturated carbocycles. The summed E-state index contributed by atoms with van der Waals surface area (Å²) in [5.74, 6) is 0. The van der Waals surface area contributed by atoms with Crippen LogP contribution < -0.4 is 4.72 Å². The van der Waals surface area contributed by atoms with Crippen LogP contribution in [0, 0.1) is 10.1 Å². The average molecular weight is 314 g/mol. The molecule has 1 aromatic carbocycles. The third kappa shape index (κ3) is 3.48. The smallest absolute Gasteiger partial charge is 0.421 e. The minimum absolute atomic E-state index is 0.237. The number of nitrogens with one attached hydrogen (secondary N) is 1. The molecule has 114 valence electrons. The average Bonchev–Trinajstić information content (AvgIpc) is 2.36. The van der Waals surface area contributed by atoms with Gasteiger partial charge in [0.1, 0.15) is 5.60 Å². The quantitative estimate of drug-likeness (QED) is 0.670. The van der Waals surface area contributed by atoms with Crippen LogP contribution in [0.2, 0.25) is 0 Å². The summed E-state index contributed by atoms with van der Waals surface area (Å²) in [5.41, 5.74) is -0.853. The van der Waals surface area contributed by atoms with Gasteiger partial charge in [0.2, 0.25) is 0 Å². The number of carbonyl (C=O) groups is 1. The Bertz CT molecular complexity index is 663. The highest BCUT2D eigenvalue weighted by molar-refractivity contribution is 7.90. The molecule has 0 heterocycles. The van der Waals surface area contributed by atoms with Gasteiger partial charge in [-0.15, -0.1) is 0 Å². The molecule has 1 aliphatic carbocycles. The van der Waals surface area contributed by atoms with Crippen molar-refractivity contribution < 1.29 is 22.9 Å². The molecule has 8 nitrogen and oxygen atoms in total. The van der Waals surface area contributed by atoms with Crippen molar-refractivity contribution in [3.63, 3.8) is 0 Å². The van der Waals surface area contributed by atoms with Crippen molar-refractivity contribution in [3.8, 4) is 0 Å². The summed E-state index contributed by atoms with van der Waals surface area (Å²) < 4.78 is 30.7. The van der Waals surface area contributed by atoms with Crippen LogP contribution in [-0.4, -0.2) is 25.0 Å². The zero-order valence-corrected chi connectivity index (χ0v) is 12.1. The molecule has 0 saturated heterocycles. The number of sulfonamides is 1. The Labute approximate surface area is 121 Å². The Balaban J connectivity index is 2.07. The number of hydrogen-bond donors (Lipinski definition) is 1. The molecule has 1 N–H and O–H groups in total. The number of nitro groups is 1. The first-order valence-corrected chi connectivity index (χ1v) is 7.70. The summed E-state index contributed by atoms with van der Waals surface area (Å²) in [5, 5.41) is 10.5. The summed E-state index contributed by atoms with van der Waals surface area (Å²) >= 11 is 0. The number of nitro benzene ring substituents is 1. The molecule has 1 aliphatic rings. The Morgan fingerprint density at radius 1 is 1.33 bits per heavy atom. The lowest BCUT2D eigenvalue weighted by atomic mass is 9.82. The Morgan fingerprint density at radius 2 is 1.90 bits per heavy atom. The molecule has 0 aliphatic heterocycles. The van der Waals surface area contributed by atoms with Gasteiger partial charge in [-0.05, 0) is 38.3 Å². The molecule has 0 aromatic heterocycles. The fraction of sp³-hybridized carbons (Fsp3) is 0.417. The topological polar surface area (TPSA) is 116 Å². The van der Waals surface area contributed by atoms with Crippen molar-refractivity contribution in [1.82, 2.24) is 4.72 Å². The number of non-ortho nitro benzene ring substituents is 1. The van der Waals surface area contributed by atoms with E-state index in [4.69, 9.17) is 4.74 Å². The number of benzene rings is 1. The highest BCUT2D eigenvalue weighted by Gasteiger charge is 2.36. The van der Waals surface area contributed by atoms with Crippen molar-refractivity contribution in [1.29, 1.82) is 0 Å². The molecule has 0 bridgehead atoms. The second-order valence-corrected chi connectivity index (χ2v) is 6.73. The van der Waals surface area contributed by atoms with E-state index in [1.54, 1.807) is 11.6 Å². The lowest BCUT2D eigenvalue weighted by Crippen LogP contribution is -2.43. The van der Waals surface area contributed by atoms with Crippen molar-refractivity contribution in [3.05, 3.63) is 34.4 Å². The maximum absolute atomic E-state index is 11.9. The Kier molecular flexibility index (Phi) is 3.86. The highest BCUT2D eigenvalue weighted by Crippen LogP contribution is 2.34. The third-order valence-corrected chi connectivity index (χ3v) is 4.65. The molecule has 1 fully saturated rings. The summed E-state index contributed by atoms with van der Waals surface area (Å²) in [4.78, 5) is 21.2. The Morgan fingerprint density at radius 3 is 2.33 bits per heavy atom. The maximum Gasteiger partial charge on any atom is 0.421 e. The molecule has 9 heteroatoms. The molecule has 0 radical (unpaired) electrons. The van der Waals surface area contributed by atoms with E-state index < -0.39 is 26.6 Å². The number of amides is 1. The summed E-state index contributed by atoms with van der Waals surface area (Å²) in [6, 6.07) is 4.21. The van der Waals surface area contributed by atoms with E-state index in [1.165, 1.54) is 0 Å². The summed E-state index contributed by atoms with van der Waals surface area (Å²) in [6.45, 7) is 1.73. The standard InChI is InChI=1S/C12H14N2O6S/c1-12(7-2-8-12)20-11(15)13-21(18,19)10-5-3-9(4-6-10)14(16)17/h3-6H,2,7-8H2,1H3,(H,13,15). The number of rotatable bonds is 4. The zero-order chi connectivity index (χ0) is 15.7. The van der Waals surface area contributed by atoms with E-state index in [9.17, 15) is 23.3 Å². The first-order valence-electron chi connectivity index (χ1n) is 6.22. The van der Waals surface area contributed by atoms with E-state index in [1.807, 2.05) is 0 Å². The molecule has 2 rings (SSSR count). The largest absolute Gasteiger partial charge is 0.443 e. The maximum atomic E-state index is 11.9. The fourth-order valence-electron chi connectivity index (χ4n) is 1.94. The van der Waals surface area contributed by atoms with Crippen LogP contribution in [0.4, 0.5) is 10.5 Å². The van der Waals surface area contributed by atoms with Gasteiger partial charge >= 0.3 is 6.09 Å². The molecular weight excluding hydrogens is 300 g/mol. The monoisotopic (exact) mass is 314 g/mol. The van der Waals surface area contributed by atoms with Crippen LogP contribution in [0.3, 0.4) is 0 Å². The minimum Gasteiger partial charge on any atom is -0.443 e. The number of nitrogens with zero attached hydrogens (tertiary/aromatic N) is 1. The predicted molar refractivity (Wildman–Crippen MR) is 72.2 cm³/mol. The van der Waals surface area contributed by atoms with Gasteiger partial charge in [0, 0.05) is 12.1 Å². The van der Waals surface area contributed by atoms with E-state index in [0.717, 1.165) is 30.7 Å². The van der Waals surface area contributed by atoms with Crippen LogP contribution in [0.1, 0.15) is 26.2 Å². The summed E-state index contributed by atoms with van der Waals surface area (Å²) in [6.07, 6.45) is 1.27. The molecule has 0 spiro atoms. The second-order valence-electron chi connectivity index (χ2n) is 5.05. The van der Waals surface area contributed by atoms with Gasteiger partial charge in [-0.1, -0.05) is 0 Å². The highest BCUT2D eigenvalue weighted by atomic mass is 32.2. The van der Waals surface area contributed by atoms with E-state index in [0.29, 0.717) is 12.8 Å². The lowest BCUT2D eigenvalue weighted by Gasteiger charge is -2.37. The number of ether oxygens (including phenoxy) is 1. The van der Waals surface area contributed by atoms with E-state index >= 15 is 0 Å². The Hall–Kier alpha value is -2.16. The first kappa shape index (κ1) is 15.2. The second kappa shape index (κ2) is 5.32. The van der Waals surface area contributed by atoms with Crippen molar-refractivity contribution >= 4 is 21.8 Å². The molecular formula is C12H14N2O6S. The van der Waals surface area contributed by atoms with Crippen LogP contribution in [0.15, 0.2) is 29.2 Å². The number of hydrogen-bond acceptors (Lipinski definition) is 6. The molecule has 0 atom stereocenters. The van der Waals surface area contributed by atoms with Gasteiger partial charge in [-0.3, -0.25) is 10.1 Å². The van der Waals surface area contributed by atoms with Crippen molar-refractivity contribution in [2.45, 2.75) is 36.7 Å². The fourth-order valence-corrected chi connectivity index (χ4v) is 2.81. The van der Waals surface area contributed by atoms with E-state index in [2.05, 4.69) is 0 Å². The zero-order valence-electron chi connectivity index (χ0n) is 11.2. The van der Waals surface area contributed by atoms with Crippen molar-refractivity contribution in [2.75, 3.05) is 0 Å². The van der Waals surface area contributed by atoms with Gasteiger partial charge in [-0.25, -0.2) is 17.9 Å². The van der Waals surface area contributed by atoms with E-state index in [-0.39, 0.29) is 10.6 Å². The van der Waals surface area contributed by atoms with Crippen molar-refractivity contribution in [2.24, 2.45) is 0 Å². The van der Waals surface area contributed by atoms with Gasteiger partial charge in [0.25, 0.3) is 15.7 Å². The first-order chi connectivity index (χ1) is 9.72. The lowest BCUT2D eigenvalue weighted by molar-refractivity contribution is -0.384. The predicted octanol–water partition coefficient (Wildman–Crippen LogP) is 1.95. The van der Waals surface area contributed by atoms with Crippen LogP contribution in [0.5, 0.6) is 0 Å². The SMILES string of the molecule is CC1(OC(=O)NS(=O)(=O)c2ccc([N+](=O)[O-])cc2)CCC1. The van der Waals surface area contributed by atoms with Crippen LogP contribution in [-0.2, 0) is 14.8 Å². The van der Waals surface area contributed by atoms with Gasteiger partial charge < -0.3 is 4.74 Å². The number of carbonyl (C=O) groups excluding carboxylic acids is 1. The van der Waals surface area contributed by atoms with Crippen LogP contribution >= 0.6 is 0 Å². The third-order valence-electron chi connectivity index (χ3n) is 3.33. The van der Waals surface area contributed by atoms with Gasteiger partial charge in [0.05, 0.1) is 9.82 Å².